The van der Waals surface area contributed by atoms with Gasteiger partial charge in [-0.25, -0.2) is 0 Å². The van der Waals surface area contributed by atoms with Crippen LogP contribution in [0.1, 0.15) is 45.4 Å². The minimum Gasteiger partial charge on any atom is -0.363 e. The van der Waals surface area contributed by atoms with E-state index in [4.69, 9.17) is 4.74 Å². The van der Waals surface area contributed by atoms with Crippen molar-refractivity contribution < 1.29 is 27.5 Å². The first-order valence-corrected chi connectivity index (χ1v) is 10.4. The van der Waals surface area contributed by atoms with E-state index in [-0.39, 0.29) is 6.61 Å². The van der Waals surface area contributed by atoms with Crippen molar-refractivity contribution in [2.24, 2.45) is 29.1 Å². The second kappa shape index (κ2) is 6.89. The maximum Gasteiger partial charge on any atom is 0.391 e. The van der Waals surface area contributed by atoms with Crippen LogP contribution in [0.4, 0.5) is 13.2 Å². The van der Waals surface area contributed by atoms with Gasteiger partial charge in [0.05, 0.1) is 13.0 Å². The third-order valence-corrected chi connectivity index (χ3v) is 7.98. The number of hydrogen-bond donors (Lipinski definition) is 1. The molecule has 5 unspecified atom stereocenters. The summed E-state index contributed by atoms with van der Waals surface area (Å²) in [4.78, 5) is 25.8. The lowest BCUT2D eigenvalue weighted by atomic mass is 9.28. The first-order chi connectivity index (χ1) is 13.1. The number of halogens is 3. The van der Waals surface area contributed by atoms with Crippen LogP contribution >= 0.6 is 0 Å². The fourth-order valence-corrected chi connectivity index (χ4v) is 6.18. The summed E-state index contributed by atoms with van der Waals surface area (Å²) >= 11 is 0. The van der Waals surface area contributed by atoms with Gasteiger partial charge in [0.2, 0.25) is 5.91 Å². The van der Waals surface area contributed by atoms with Crippen molar-refractivity contribution in [2.75, 3.05) is 20.2 Å². The first kappa shape index (κ1) is 20.0. The Balaban J connectivity index is 1.32. The Morgan fingerprint density at radius 3 is 2.39 bits per heavy atom. The van der Waals surface area contributed by atoms with Crippen LogP contribution in [0.2, 0.25) is 0 Å². The lowest BCUT2D eigenvalue weighted by molar-refractivity contribution is -0.278. The van der Waals surface area contributed by atoms with Gasteiger partial charge in [0.1, 0.15) is 6.04 Å². The predicted octanol–water partition coefficient (Wildman–Crippen LogP) is 2.74. The summed E-state index contributed by atoms with van der Waals surface area (Å²) in [6.45, 7) is 2.84. The van der Waals surface area contributed by atoms with Crippen LogP contribution in [0.5, 0.6) is 0 Å². The maximum absolute atomic E-state index is 12.9. The number of amides is 2. The average Bonchev–Trinajstić information content (AvgIpc) is 3.42. The van der Waals surface area contributed by atoms with Crippen molar-refractivity contribution >= 4 is 11.8 Å². The van der Waals surface area contributed by atoms with E-state index in [2.05, 4.69) is 12.2 Å². The molecule has 1 aliphatic heterocycles. The van der Waals surface area contributed by atoms with Crippen LogP contribution in [-0.4, -0.2) is 55.2 Å². The van der Waals surface area contributed by atoms with Gasteiger partial charge < -0.3 is 15.0 Å². The summed E-state index contributed by atoms with van der Waals surface area (Å²) in [6, 6.07) is -1.59. The largest absolute Gasteiger partial charge is 0.391 e. The molecule has 5 nitrogen and oxygen atoms in total. The van der Waals surface area contributed by atoms with E-state index in [0.29, 0.717) is 17.9 Å². The molecule has 4 rings (SSSR count). The molecule has 0 spiro atoms. The summed E-state index contributed by atoms with van der Waals surface area (Å²) in [6.07, 6.45) is -0.600. The molecule has 0 radical (unpaired) electrons. The van der Waals surface area contributed by atoms with Crippen molar-refractivity contribution in [2.45, 2.75) is 63.8 Å². The highest BCUT2D eigenvalue weighted by Gasteiger charge is 2.70. The summed E-state index contributed by atoms with van der Waals surface area (Å²) in [7, 11) is 1.53. The van der Waals surface area contributed by atoms with E-state index in [1.807, 2.05) is 0 Å². The van der Waals surface area contributed by atoms with Crippen LogP contribution in [-0.2, 0) is 14.3 Å². The van der Waals surface area contributed by atoms with Gasteiger partial charge in [0.25, 0.3) is 5.91 Å². The van der Waals surface area contributed by atoms with E-state index >= 15 is 0 Å². The molecule has 3 aliphatic carbocycles. The molecule has 2 amide bonds. The highest BCUT2D eigenvalue weighted by molar-refractivity contribution is 5.90. The molecular formula is C20H29F3N2O3. The third-order valence-electron chi connectivity index (χ3n) is 7.98. The van der Waals surface area contributed by atoms with E-state index in [9.17, 15) is 22.8 Å². The third kappa shape index (κ3) is 3.31. The molecule has 7 atom stereocenters. The summed E-state index contributed by atoms with van der Waals surface area (Å²) in [5.41, 5.74) is 0.426. The molecular weight excluding hydrogens is 373 g/mol. The molecule has 1 heterocycles. The van der Waals surface area contributed by atoms with Gasteiger partial charge in [-0.3, -0.25) is 9.59 Å². The van der Waals surface area contributed by atoms with Gasteiger partial charge in [-0.15, -0.1) is 0 Å². The van der Waals surface area contributed by atoms with Crippen molar-refractivity contribution in [3.05, 3.63) is 0 Å². The zero-order valence-corrected chi connectivity index (χ0v) is 16.4. The van der Waals surface area contributed by atoms with Gasteiger partial charge >= 0.3 is 6.18 Å². The smallest absolute Gasteiger partial charge is 0.363 e. The number of carbonyl (C=O) groups is 2. The molecule has 3 saturated carbocycles. The second-order valence-electron chi connectivity index (χ2n) is 9.26. The summed E-state index contributed by atoms with van der Waals surface area (Å²) in [5.74, 6) is 1.71. The van der Waals surface area contributed by atoms with Crippen LogP contribution in [0.15, 0.2) is 0 Å². The molecule has 4 aliphatic rings. The molecule has 0 aromatic rings. The molecule has 0 aromatic heterocycles. The number of carbonyl (C=O) groups excluding carboxylic acids is 2. The average molecular weight is 402 g/mol. The fraction of sp³-hybridized carbons (Fsp3) is 0.900. The lowest BCUT2D eigenvalue weighted by Crippen LogP contribution is -2.70. The number of fused-ring (bicyclic) bond motifs is 4. The highest BCUT2D eigenvalue weighted by Crippen LogP contribution is 2.77. The normalized spacial score (nSPS) is 37.2. The molecule has 4 fully saturated rings. The van der Waals surface area contributed by atoms with Gasteiger partial charge in [-0.05, 0) is 61.2 Å². The number of likely N-dealkylation sites (N-methyl/N-ethyl adjacent to an activating group) is 1. The maximum atomic E-state index is 12.9. The standard InChI is InChI=1S/C20H29F3N2O3/c1-11(19-7-5-14(19)12-3-4-13(12)19)6-8-25(2)18(27)15(9-20(21,22)23)24-17(26)16-10-28-16/h11-16H,3-10H2,1-2H3,(H,24,26)/t11?,12?,13?,14?,15-,16-,19?/m0/s1. The monoisotopic (exact) mass is 402 g/mol. The van der Waals surface area contributed by atoms with E-state index in [0.717, 1.165) is 24.2 Å². The molecule has 8 heteroatoms. The number of epoxide rings is 1. The van der Waals surface area contributed by atoms with Gasteiger partial charge in [0, 0.05) is 13.6 Å². The molecule has 0 aromatic carbocycles. The Hall–Kier alpha value is -1.31. The van der Waals surface area contributed by atoms with Crippen LogP contribution in [0, 0.1) is 29.1 Å². The fourth-order valence-electron chi connectivity index (χ4n) is 6.18. The quantitative estimate of drug-likeness (QED) is 0.635. The number of nitrogens with zero attached hydrogens (tertiary/aromatic N) is 1. The van der Waals surface area contributed by atoms with E-state index in [1.54, 1.807) is 0 Å². The second-order valence-corrected chi connectivity index (χ2v) is 9.26. The van der Waals surface area contributed by atoms with Gasteiger partial charge in [0.15, 0.2) is 6.10 Å². The molecule has 1 saturated heterocycles. The highest BCUT2D eigenvalue weighted by atomic mass is 19.4. The Bertz CT molecular complexity index is 639. The summed E-state index contributed by atoms with van der Waals surface area (Å²) < 4.78 is 43.5. The molecule has 158 valence electrons. The van der Waals surface area contributed by atoms with Gasteiger partial charge in [-0.1, -0.05) is 6.92 Å². The minimum absolute atomic E-state index is 0.192. The number of nitrogens with one attached hydrogen (secondary N) is 1. The SMILES string of the molecule is CC(CCN(C)C(=O)[C@H](CC(F)(F)F)NC(=O)[C@@H]1CO1)C12CCC1C1CCC12. The summed E-state index contributed by atoms with van der Waals surface area (Å²) in [5, 5.41) is 2.22. The lowest BCUT2D eigenvalue weighted by Gasteiger charge is -2.76. The predicted molar refractivity (Wildman–Crippen MR) is 95.1 cm³/mol. The zero-order chi connectivity index (χ0) is 20.3. The van der Waals surface area contributed by atoms with Crippen molar-refractivity contribution in [1.29, 1.82) is 0 Å². The first-order valence-electron chi connectivity index (χ1n) is 10.4. The van der Waals surface area contributed by atoms with Crippen molar-refractivity contribution in [1.82, 2.24) is 10.2 Å². The molecule has 1 N–H and O–H groups in total. The number of alkyl halides is 3. The Morgan fingerprint density at radius 2 is 1.93 bits per heavy atom. The Morgan fingerprint density at radius 1 is 1.25 bits per heavy atom. The Labute approximate surface area is 163 Å². The van der Waals surface area contributed by atoms with E-state index in [1.165, 1.54) is 37.6 Å². The molecule has 0 bridgehead atoms. The van der Waals surface area contributed by atoms with Crippen molar-refractivity contribution in [3.63, 3.8) is 0 Å². The topological polar surface area (TPSA) is 61.9 Å². The van der Waals surface area contributed by atoms with E-state index < -0.39 is 36.6 Å². The number of hydrogen-bond acceptors (Lipinski definition) is 3. The zero-order valence-electron chi connectivity index (χ0n) is 16.4. The number of rotatable bonds is 8. The van der Waals surface area contributed by atoms with Crippen LogP contribution in [0.3, 0.4) is 0 Å². The van der Waals surface area contributed by atoms with Crippen molar-refractivity contribution in [3.8, 4) is 0 Å². The van der Waals surface area contributed by atoms with Crippen LogP contribution in [0.25, 0.3) is 0 Å². The minimum atomic E-state index is -4.53. The van der Waals surface area contributed by atoms with Gasteiger partial charge in [-0.2, -0.15) is 13.2 Å². The van der Waals surface area contributed by atoms with Crippen LogP contribution < -0.4 is 5.32 Å². The molecule has 28 heavy (non-hydrogen) atoms. The number of ether oxygens (including phenoxy) is 1. The Kier molecular flexibility index (Phi) is 4.91.